The van der Waals surface area contributed by atoms with Crippen molar-refractivity contribution < 1.29 is 4.74 Å². The third-order valence-corrected chi connectivity index (χ3v) is 3.56. The number of methoxy groups -OCH3 is 1. The number of pyridine rings is 1. The summed E-state index contributed by atoms with van der Waals surface area (Å²) in [4.78, 5) is 4.05. The van der Waals surface area contributed by atoms with Gasteiger partial charge in [0, 0.05) is 24.4 Å². The second-order valence-corrected chi connectivity index (χ2v) is 5.03. The Bertz CT molecular complexity index is 527. The molecule has 2 rings (SSSR count). The van der Waals surface area contributed by atoms with Gasteiger partial charge in [-0.2, -0.15) is 0 Å². The summed E-state index contributed by atoms with van der Waals surface area (Å²) in [6.45, 7) is 2.77. The molecule has 0 aliphatic rings. The van der Waals surface area contributed by atoms with Gasteiger partial charge in [0.05, 0.1) is 7.11 Å². The van der Waals surface area contributed by atoms with Gasteiger partial charge in [0.15, 0.2) is 0 Å². The molecule has 0 bridgehead atoms. The van der Waals surface area contributed by atoms with Gasteiger partial charge in [-0.15, -0.1) is 0 Å². The molecule has 0 radical (unpaired) electrons. The lowest BCUT2D eigenvalue weighted by Crippen LogP contribution is -2.34. The van der Waals surface area contributed by atoms with Crippen LogP contribution in [0, 0.1) is 0 Å². The average Bonchev–Trinajstić information content (AvgIpc) is 2.48. The Labute approximate surface area is 114 Å². The molecule has 0 amide bonds. The number of nitrogens with two attached hydrogens (primary N) is 1. The summed E-state index contributed by atoms with van der Waals surface area (Å²) in [5, 5.41) is 0. The van der Waals surface area contributed by atoms with Crippen LogP contribution in [0.5, 0.6) is 5.75 Å². The fourth-order valence-corrected chi connectivity index (χ4v) is 2.24. The number of hydrogen-bond acceptors (Lipinski definition) is 3. The Morgan fingerprint density at radius 2 is 1.95 bits per heavy atom. The molecule has 2 aromatic rings. The summed E-state index contributed by atoms with van der Waals surface area (Å²) in [5.41, 5.74) is 8.36. The SMILES string of the molecule is COc1cccc(C(C)(CN)Cc2ccncc2)c1. The molecule has 100 valence electrons. The van der Waals surface area contributed by atoms with E-state index in [0.717, 1.165) is 12.2 Å². The predicted octanol–water partition coefficient (Wildman–Crippen LogP) is 2.55. The van der Waals surface area contributed by atoms with Crippen LogP contribution in [0.2, 0.25) is 0 Å². The van der Waals surface area contributed by atoms with Crippen molar-refractivity contribution in [3.05, 3.63) is 59.9 Å². The van der Waals surface area contributed by atoms with Gasteiger partial charge < -0.3 is 10.5 Å². The van der Waals surface area contributed by atoms with E-state index >= 15 is 0 Å². The maximum Gasteiger partial charge on any atom is 0.119 e. The maximum atomic E-state index is 6.02. The van der Waals surface area contributed by atoms with Crippen LogP contribution < -0.4 is 10.5 Å². The van der Waals surface area contributed by atoms with Gasteiger partial charge in [-0.05, 0) is 41.8 Å². The highest BCUT2D eigenvalue weighted by molar-refractivity contribution is 5.35. The lowest BCUT2D eigenvalue weighted by Gasteiger charge is -2.29. The molecule has 19 heavy (non-hydrogen) atoms. The number of ether oxygens (including phenoxy) is 1. The topological polar surface area (TPSA) is 48.1 Å². The quantitative estimate of drug-likeness (QED) is 0.894. The Morgan fingerprint density at radius 1 is 1.21 bits per heavy atom. The van der Waals surface area contributed by atoms with Crippen LogP contribution in [0.1, 0.15) is 18.1 Å². The summed E-state index contributed by atoms with van der Waals surface area (Å²) in [6.07, 6.45) is 4.52. The summed E-state index contributed by atoms with van der Waals surface area (Å²) in [5.74, 6) is 0.868. The van der Waals surface area contributed by atoms with Gasteiger partial charge in [0.25, 0.3) is 0 Å². The third kappa shape index (κ3) is 3.12. The summed E-state index contributed by atoms with van der Waals surface area (Å²) < 4.78 is 5.29. The first-order chi connectivity index (χ1) is 9.18. The molecular weight excluding hydrogens is 236 g/mol. The van der Waals surface area contributed by atoms with Crippen molar-refractivity contribution in [3.63, 3.8) is 0 Å². The van der Waals surface area contributed by atoms with Crippen LogP contribution in [0.15, 0.2) is 48.8 Å². The summed E-state index contributed by atoms with van der Waals surface area (Å²) >= 11 is 0. The van der Waals surface area contributed by atoms with Crippen LogP contribution in [0.3, 0.4) is 0 Å². The first-order valence-corrected chi connectivity index (χ1v) is 6.41. The minimum Gasteiger partial charge on any atom is -0.497 e. The molecule has 0 saturated carbocycles. The van der Waals surface area contributed by atoms with Gasteiger partial charge in [0.2, 0.25) is 0 Å². The number of aromatic nitrogens is 1. The summed E-state index contributed by atoms with van der Waals surface area (Å²) in [6, 6.07) is 12.2. The normalized spacial score (nSPS) is 13.8. The first kappa shape index (κ1) is 13.6. The summed E-state index contributed by atoms with van der Waals surface area (Å²) in [7, 11) is 1.68. The largest absolute Gasteiger partial charge is 0.497 e. The number of benzene rings is 1. The molecule has 0 saturated heterocycles. The van der Waals surface area contributed by atoms with E-state index in [-0.39, 0.29) is 5.41 Å². The molecule has 1 aromatic carbocycles. The predicted molar refractivity (Wildman–Crippen MR) is 77.3 cm³/mol. The van der Waals surface area contributed by atoms with Gasteiger partial charge >= 0.3 is 0 Å². The minimum atomic E-state index is -0.101. The minimum absolute atomic E-state index is 0.101. The van der Waals surface area contributed by atoms with E-state index < -0.39 is 0 Å². The van der Waals surface area contributed by atoms with E-state index in [0.29, 0.717) is 6.54 Å². The van der Waals surface area contributed by atoms with Crippen LogP contribution in [-0.2, 0) is 11.8 Å². The van der Waals surface area contributed by atoms with Gasteiger partial charge in [-0.3, -0.25) is 4.98 Å². The van der Waals surface area contributed by atoms with Crippen molar-refractivity contribution in [2.24, 2.45) is 5.73 Å². The number of nitrogens with zero attached hydrogens (tertiary/aromatic N) is 1. The molecule has 0 aliphatic heterocycles. The van der Waals surface area contributed by atoms with Gasteiger partial charge in [0.1, 0.15) is 5.75 Å². The van der Waals surface area contributed by atoms with Gasteiger partial charge in [-0.25, -0.2) is 0 Å². The molecule has 0 aliphatic carbocycles. The molecule has 0 fully saturated rings. The van der Waals surface area contributed by atoms with Crippen LogP contribution >= 0.6 is 0 Å². The molecule has 1 aromatic heterocycles. The zero-order valence-electron chi connectivity index (χ0n) is 11.5. The Morgan fingerprint density at radius 3 is 2.58 bits per heavy atom. The molecule has 1 heterocycles. The first-order valence-electron chi connectivity index (χ1n) is 6.41. The number of hydrogen-bond donors (Lipinski definition) is 1. The van der Waals surface area contributed by atoms with Gasteiger partial charge in [-0.1, -0.05) is 19.1 Å². The Hall–Kier alpha value is -1.87. The highest BCUT2D eigenvalue weighted by Crippen LogP contribution is 2.29. The van der Waals surface area contributed by atoms with E-state index in [9.17, 15) is 0 Å². The van der Waals surface area contributed by atoms with E-state index in [1.54, 1.807) is 7.11 Å². The smallest absolute Gasteiger partial charge is 0.119 e. The third-order valence-electron chi connectivity index (χ3n) is 3.56. The van der Waals surface area contributed by atoms with E-state index in [4.69, 9.17) is 10.5 Å². The van der Waals surface area contributed by atoms with Crippen molar-refractivity contribution >= 4 is 0 Å². The van der Waals surface area contributed by atoms with E-state index in [1.807, 2.05) is 36.7 Å². The highest BCUT2D eigenvalue weighted by atomic mass is 16.5. The fraction of sp³-hybridized carbons (Fsp3) is 0.312. The Kier molecular flexibility index (Phi) is 4.17. The zero-order valence-corrected chi connectivity index (χ0v) is 11.5. The standard InChI is InChI=1S/C16H20N2O/c1-16(12-17,11-13-6-8-18-9-7-13)14-4-3-5-15(10-14)19-2/h3-10H,11-12,17H2,1-2H3. The molecule has 1 unspecified atom stereocenters. The second kappa shape index (κ2) is 5.85. The molecule has 3 nitrogen and oxygen atoms in total. The molecule has 1 atom stereocenters. The lowest BCUT2D eigenvalue weighted by molar-refractivity contribution is 0.410. The van der Waals surface area contributed by atoms with Crippen molar-refractivity contribution in [2.75, 3.05) is 13.7 Å². The van der Waals surface area contributed by atoms with Crippen LogP contribution in [-0.4, -0.2) is 18.6 Å². The van der Waals surface area contributed by atoms with E-state index in [2.05, 4.69) is 24.0 Å². The maximum absolute atomic E-state index is 6.02. The molecule has 0 spiro atoms. The number of rotatable bonds is 5. The highest BCUT2D eigenvalue weighted by Gasteiger charge is 2.25. The zero-order chi connectivity index (χ0) is 13.7. The molecule has 2 N–H and O–H groups in total. The average molecular weight is 256 g/mol. The fourth-order valence-electron chi connectivity index (χ4n) is 2.24. The van der Waals surface area contributed by atoms with Crippen molar-refractivity contribution in [1.82, 2.24) is 4.98 Å². The lowest BCUT2D eigenvalue weighted by atomic mass is 9.77. The Balaban J connectivity index is 2.30. The van der Waals surface area contributed by atoms with Crippen LogP contribution in [0.25, 0.3) is 0 Å². The van der Waals surface area contributed by atoms with Crippen molar-refractivity contribution in [3.8, 4) is 5.75 Å². The van der Waals surface area contributed by atoms with E-state index in [1.165, 1.54) is 11.1 Å². The second-order valence-electron chi connectivity index (χ2n) is 5.03. The monoisotopic (exact) mass is 256 g/mol. The van der Waals surface area contributed by atoms with Crippen LogP contribution in [0.4, 0.5) is 0 Å². The van der Waals surface area contributed by atoms with Crippen molar-refractivity contribution in [1.29, 1.82) is 0 Å². The molecular formula is C16H20N2O. The van der Waals surface area contributed by atoms with Crippen molar-refractivity contribution in [2.45, 2.75) is 18.8 Å². The molecule has 3 heteroatoms.